The second kappa shape index (κ2) is 18.6. The third kappa shape index (κ3) is 8.61. The SMILES string of the molecule is Cc1cccc(-c2nnc(-c3ccc(C(c4ccc(-c5nnc(-c6cccc(C)c6)o5)cc4)(c4ccc(-c5nnc(-c6cccc(C)c6)o5)cc4)c4ccc(-c5nnc(-c6cccc(C)c6)o5)cc4)cc3)o2)c1. The quantitative estimate of drug-likeness (QED) is 0.107. The highest BCUT2D eigenvalue weighted by atomic mass is 16.4. The van der Waals surface area contributed by atoms with Crippen molar-refractivity contribution in [2.24, 2.45) is 0 Å². The first-order chi connectivity index (χ1) is 35.7. The Morgan fingerprint density at radius 1 is 0.233 bits per heavy atom. The average Bonchev–Trinajstić information content (AvgIpc) is 4.29. The van der Waals surface area contributed by atoms with E-state index in [9.17, 15) is 0 Å². The maximum Gasteiger partial charge on any atom is 0.248 e. The molecule has 0 aliphatic carbocycles. The molecule has 4 heterocycles. The minimum atomic E-state index is -0.944. The van der Waals surface area contributed by atoms with Gasteiger partial charge < -0.3 is 17.7 Å². The van der Waals surface area contributed by atoms with E-state index < -0.39 is 5.41 Å². The van der Waals surface area contributed by atoms with Gasteiger partial charge in [-0.15, -0.1) is 40.8 Å². The second-order valence-electron chi connectivity index (χ2n) is 18.2. The van der Waals surface area contributed by atoms with Gasteiger partial charge in [-0.25, -0.2) is 0 Å². The van der Waals surface area contributed by atoms with E-state index in [1.807, 2.05) is 173 Å². The lowest BCUT2D eigenvalue weighted by molar-refractivity contribution is 0.584. The normalized spacial score (nSPS) is 11.6. The first-order valence-electron chi connectivity index (χ1n) is 23.8. The Bertz CT molecular complexity index is 3390. The fraction of sp³-hybridized carbons (Fsp3) is 0.0820. The van der Waals surface area contributed by atoms with Gasteiger partial charge in [0.25, 0.3) is 0 Å². The van der Waals surface area contributed by atoms with Crippen molar-refractivity contribution in [2.45, 2.75) is 33.1 Å². The smallest absolute Gasteiger partial charge is 0.248 e. The third-order valence-electron chi connectivity index (χ3n) is 13.0. The number of rotatable bonds is 12. The molecule has 8 aromatic carbocycles. The predicted octanol–water partition coefficient (Wildman–Crippen LogP) is 14.2. The maximum absolute atomic E-state index is 6.28. The number of hydrogen-bond donors (Lipinski definition) is 0. The molecule has 0 amide bonds. The zero-order valence-corrected chi connectivity index (χ0v) is 40.2. The van der Waals surface area contributed by atoms with Crippen LogP contribution in [0.5, 0.6) is 0 Å². The summed E-state index contributed by atoms with van der Waals surface area (Å²) in [4.78, 5) is 0. The molecule has 12 nitrogen and oxygen atoms in total. The summed E-state index contributed by atoms with van der Waals surface area (Å²) in [6.07, 6.45) is 0. The molecule has 0 aliphatic rings. The van der Waals surface area contributed by atoms with Crippen LogP contribution in [0.2, 0.25) is 0 Å². The molecular formula is C61H44N8O4. The summed E-state index contributed by atoms with van der Waals surface area (Å²) in [5.41, 5.74) is 13.8. The zero-order valence-electron chi connectivity index (χ0n) is 40.2. The van der Waals surface area contributed by atoms with E-state index in [-0.39, 0.29) is 0 Å². The van der Waals surface area contributed by atoms with Crippen molar-refractivity contribution in [3.63, 3.8) is 0 Å². The summed E-state index contributed by atoms with van der Waals surface area (Å²) in [5, 5.41) is 35.6. The lowest BCUT2D eigenvalue weighted by atomic mass is 9.65. The van der Waals surface area contributed by atoms with Crippen LogP contribution >= 0.6 is 0 Å². The van der Waals surface area contributed by atoms with Crippen molar-refractivity contribution in [1.82, 2.24) is 40.8 Å². The van der Waals surface area contributed by atoms with Crippen LogP contribution in [0, 0.1) is 27.7 Å². The van der Waals surface area contributed by atoms with E-state index in [0.717, 1.165) is 89.0 Å². The molecule has 0 saturated carbocycles. The monoisotopic (exact) mass is 952 g/mol. The number of aryl methyl sites for hydroxylation is 4. The van der Waals surface area contributed by atoms with Crippen molar-refractivity contribution < 1.29 is 17.7 Å². The van der Waals surface area contributed by atoms with Crippen LogP contribution in [-0.4, -0.2) is 40.8 Å². The van der Waals surface area contributed by atoms with Gasteiger partial charge in [0, 0.05) is 44.5 Å². The Morgan fingerprint density at radius 3 is 0.616 bits per heavy atom. The van der Waals surface area contributed by atoms with Crippen molar-refractivity contribution in [3.05, 3.63) is 239 Å². The fourth-order valence-electron chi connectivity index (χ4n) is 9.39. The lowest BCUT2D eigenvalue weighted by Gasteiger charge is -2.37. The molecule has 12 rings (SSSR count). The molecule has 0 atom stereocenters. The summed E-state index contributed by atoms with van der Waals surface area (Å²) in [6.45, 7) is 8.15. The van der Waals surface area contributed by atoms with Gasteiger partial charge in [0.1, 0.15) is 0 Å². The van der Waals surface area contributed by atoms with Crippen LogP contribution in [0.25, 0.3) is 91.6 Å². The Hall–Kier alpha value is -9.68. The van der Waals surface area contributed by atoms with Gasteiger partial charge in [0.05, 0.1) is 5.41 Å². The number of hydrogen-bond acceptors (Lipinski definition) is 12. The molecule has 0 radical (unpaired) electrons. The molecule has 4 aromatic heterocycles. The highest BCUT2D eigenvalue weighted by Crippen LogP contribution is 2.47. The molecule has 0 saturated heterocycles. The van der Waals surface area contributed by atoms with Crippen LogP contribution < -0.4 is 0 Å². The Kier molecular flexibility index (Phi) is 11.3. The van der Waals surface area contributed by atoms with Crippen molar-refractivity contribution in [3.8, 4) is 91.6 Å². The van der Waals surface area contributed by atoms with E-state index in [4.69, 9.17) is 17.7 Å². The molecule has 0 bridgehead atoms. The van der Waals surface area contributed by atoms with Gasteiger partial charge in [-0.2, -0.15) is 0 Å². The molecule has 0 unspecified atom stereocenters. The van der Waals surface area contributed by atoms with Crippen LogP contribution in [0.1, 0.15) is 44.5 Å². The van der Waals surface area contributed by atoms with E-state index in [1.54, 1.807) is 0 Å². The van der Waals surface area contributed by atoms with Crippen LogP contribution in [0.15, 0.2) is 212 Å². The van der Waals surface area contributed by atoms with Gasteiger partial charge >= 0.3 is 0 Å². The summed E-state index contributed by atoms with van der Waals surface area (Å²) in [7, 11) is 0. The first-order valence-corrected chi connectivity index (χ1v) is 23.8. The minimum Gasteiger partial charge on any atom is -0.416 e. The average molecular weight is 953 g/mol. The topological polar surface area (TPSA) is 156 Å². The maximum atomic E-state index is 6.28. The van der Waals surface area contributed by atoms with Crippen LogP contribution in [0.3, 0.4) is 0 Å². The lowest BCUT2D eigenvalue weighted by Crippen LogP contribution is -2.31. The van der Waals surface area contributed by atoms with E-state index in [1.165, 1.54) is 0 Å². The number of benzene rings is 8. The molecule has 0 N–H and O–H groups in total. The first kappa shape index (κ1) is 44.5. The molecule has 0 aliphatic heterocycles. The number of aromatic nitrogens is 8. The molecule has 352 valence electrons. The second-order valence-corrected chi connectivity index (χ2v) is 18.2. The molecular weight excluding hydrogens is 909 g/mol. The van der Waals surface area contributed by atoms with Gasteiger partial charge in [0.15, 0.2) is 0 Å². The van der Waals surface area contributed by atoms with Gasteiger partial charge in [0.2, 0.25) is 47.1 Å². The van der Waals surface area contributed by atoms with Crippen LogP contribution in [-0.2, 0) is 5.41 Å². The molecule has 0 fully saturated rings. The van der Waals surface area contributed by atoms with E-state index in [2.05, 4.69) is 89.3 Å². The Labute approximate surface area is 420 Å². The fourth-order valence-corrected chi connectivity index (χ4v) is 9.39. The van der Waals surface area contributed by atoms with Crippen LogP contribution in [0.4, 0.5) is 0 Å². The van der Waals surface area contributed by atoms with E-state index >= 15 is 0 Å². The van der Waals surface area contributed by atoms with Gasteiger partial charge in [-0.3, -0.25) is 0 Å². The summed E-state index contributed by atoms with van der Waals surface area (Å²) in [6, 6.07) is 65.2. The largest absolute Gasteiger partial charge is 0.416 e. The highest BCUT2D eigenvalue weighted by Gasteiger charge is 2.39. The standard InChI is InChI=1S/C61H44N8O4/c1-37-9-5-13-45(33-37)57-66-62-53(70-57)41-17-25-49(26-18-41)61(50-27-19-42(20-28-50)54-63-67-58(71-54)46-14-6-10-38(2)34-46,51-29-21-43(22-30-51)55-64-68-59(72-55)47-15-7-11-39(3)35-47)52-31-23-44(24-32-52)56-65-69-60(73-56)48-16-8-12-40(4)36-48/h5-36H,1-4H3. The minimum absolute atomic E-state index is 0.408. The Morgan fingerprint density at radius 2 is 0.425 bits per heavy atom. The molecule has 12 aromatic rings. The van der Waals surface area contributed by atoms with Gasteiger partial charge in [-0.05, 0) is 147 Å². The molecule has 0 spiro atoms. The third-order valence-corrected chi connectivity index (χ3v) is 13.0. The van der Waals surface area contributed by atoms with Crippen molar-refractivity contribution >= 4 is 0 Å². The van der Waals surface area contributed by atoms with E-state index in [0.29, 0.717) is 47.1 Å². The highest BCUT2D eigenvalue weighted by molar-refractivity contribution is 5.69. The summed E-state index contributed by atoms with van der Waals surface area (Å²) >= 11 is 0. The molecule has 73 heavy (non-hydrogen) atoms. The zero-order chi connectivity index (χ0) is 49.5. The predicted molar refractivity (Wildman–Crippen MR) is 279 cm³/mol. The molecule has 12 heteroatoms. The van der Waals surface area contributed by atoms with Crippen molar-refractivity contribution in [2.75, 3.05) is 0 Å². The number of nitrogens with zero attached hydrogens (tertiary/aromatic N) is 8. The Balaban J connectivity index is 0.995. The summed E-state index contributed by atoms with van der Waals surface area (Å²) in [5.74, 6) is 3.42. The van der Waals surface area contributed by atoms with Crippen molar-refractivity contribution in [1.29, 1.82) is 0 Å². The van der Waals surface area contributed by atoms with Gasteiger partial charge in [-0.1, -0.05) is 119 Å². The summed E-state index contributed by atoms with van der Waals surface area (Å²) < 4.78 is 25.1.